The lowest BCUT2D eigenvalue weighted by Gasteiger charge is -2.10. The number of hydrazone groups is 1. The highest BCUT2D eigenvalue weighted by molar-refractivity contribution is 6.01. The Balaban J connectivity index is 0.00000106. The van der Waals surface area contributed by atoms with E-state index in [0.29, 0.717) is 18.6 Å². The maximum Gasteiger partial charge on any atom is 0.325 e. The Labute approximate surface area is 208 Å². The first-order valence-corrected chi connectivity index (χ1v) is 10.7. The van der Waals surface area contributed by atoms with Crippen molar-refractivity contribution >= 4 is 41.2 Å². The van der Waals surface area contributed by atoms with Crippen LogP contribution in [0.3, 0.4) is 0 Å². The van der Waals surface area contributed by atoms with E-state index in [1.54, 1.807) is 18.2 Å². The summed E-state index contributed by atoms with van der Waals surface area (Å²) in [6.45, 7) is 4.53. The molecule has 0 saturated heterocycles. The molecule has 0 fully saturated rings. The first kappa shape index (κ1) is 27.4. The second-order valence-corrected chi connectivity index (χ2v) is 7.33. The van der Waals surface area contributed by atoms with Crippen LogP contribution in [0.15, 0.2) is 72.4 Å². The zero-order chi connectivity index (χ0) is 26.5. The highest BCUT2D eigenvalue weighted by Gasteiger charge is 2.11. The van der Waals surface area contributed by atoms with Crippen molar-refractivity contribution in [2.45, 2.75) is 6.54 Å². The lowest BCUT2D eigenvalue weighted by molar-refractivity contribution is -0.139. The number of ether oxygens (including phenoxy) is 2. The molecule has 0 unspecified atom stereocenters. The Hall–Kier alpha value is -4.86. The third-order valence-corrected chi connectivity index (χ3v) is 5.05. The molecule has 1 aromatic heterocycles. The summed E-state index contributed by atoms with van der Waals surface area (Å²) in [5, 5.41) is 7.09. The zero-order valence-corrected chi connectivity index (χ0v) is 20.1. The Kier molecular flexibility index (Phi) is 10.5. The maximum atomic E-state index is 12.2. The summed E-state index contributed by atoms with van der Waals surface area (Å²) >= 11 is 0. The summed E-state index contributed by atoms with van der Waals surface area (Å²) in [4.78, 5) is 32.3. The summed E-state index contributed by atoms with van der Waals surface area (Å²) < 4.78 is 10.5. The average Bonchev–Trinajstić information content (AvgIpc) is 3.26. The van der Waals surface area contributed by atoms with Crippen molar-refractivity contribution in [1.29, 1.82) is 0 Å². The molecule has 0 spiro atoms. The number of fused-ring (bicyclic) bond motifs is 1. The van der Waals surface area contributed by atoms with Crippen LogP contribution in [0, 0.1) is 0 Å². The first-order chi connectivity index (χ1) is 17.4. The molecule has 10 heteroatoms. The van der Waals surface area contributed by atoms with Crippen molar-refractivity contribution in [2.75, 3.05) is 20.8 Å². The molecule has 188 valence electrons. The summed E-state index contributed by atoms with van der Waals surface area (Å²) in [5.74, 6) is 4.74. The van der Waals surface area contributed by atoms with Crippen LogP contribution in [-0.2, 0) is 25.6 Å². The fraction of sp³-hybridized carbons (Fsp3) is 0.154. The number of allylic oxidation sites excluding steroid dienone is 2. The second-order valence-electron chi connectivity index (χ2n) is 7.33. The van der Waals surface area contributed by atoms with Crippen LogP contribution in [0.2, 0.25) is 0 Å². The van der Waals surface area contributed by atoms with Crippen molar-refractivity contribution < 1.29 is 23.9 Å². The smallest absolute Gasteiger partial charge is 0.325 e. The van der Waals surface area contributed by atoms with E-state index >= 15 is 0 Å². The molecule has 3 aromatic rings. The summed E-state index contributed by atoms with van der Waals surface area (Å²) in [6.07, 6.45) is 5.56. The summed E-state index contributed by atoms with van der Waals surface area (Å²) in [6, 6.07) is 15.1. The van der Waals surface area contributed by atoms with Gasteiger partial charge in [0.1, 0.15) is 12.4 Å². The number of nitrogens with zero attached hydrogens (tertiary/aromatic N) is 2. The van der Waals surface area contributed by atoms with E-state index in [1.807, 2.05) is 42.5 Å². The SMILES string of the molecule is C=C/C=C\c1cc2cc(/C(N)=N/N)ccc2n1Cc1ccc(C(=O)NCC(=O)OC)cc1.COC=O. The van der Waals surface area contributed by atoms with E-state index in [-0.39, 0.29) is 18.3 Å². The third-order valence-electron chi connectivity index (χ3n) is 5.05. The molecular weight excluding hydrogens is 462 g/mol. The normalized spacial score (nSPS) is 10.9. The number of methoxy groups -OCH3 is 2. The number of carbonyl (C=O) groups excluding carboxylic acids is 3. The van der Waals surface area contributed by atoms with Crippen LogP contribution in [0.5, 0.6) is 0 Å². The van der Waals surface area contributed by atoms with Gasteiger partial charge in [-0.25, -0.2) is 0 Å². The molecule has 0 radical (unpaired) electrons. The monoisotopic (exact) mass is 491 g/mol. The van der Waals surface area contributed by atoms with Gasteiger partial charge in [0, 0.05) is 34.3 Å². The van der Waals surface area contributed by atoms with Crippen LogP contribution >= 0.6 is 0 Å². The molecule has 0 aliphatic heterocycles. The Morgan fingerprint density at radius 2 is 1.78 bits per heavy atom. The maximum absolute atomic E-state index is 12.2. The van der Waals surface area contributed by atoms with Crippen LogP contribution < -0.4 is 16.9 Å². The molecule has 36 heavy (non-hydrogen) atoms. The lowest BCUT2D eigenvalue weighted by atomic mass is 10.1. The first-order valence-electron chi connectivity index (χ1n) is 10.7. The minimum Gasteiger partial charge on any atom is -0.471 e. The van der Waals surface area contributed by atoms with E-state index < -0.39 is 5.97 Å². The molecule has 1 amide bonds. The van der Waals surface area contributed by atoms with Crippen molar-refractivity contribution in [3.05, 3.63) is 89.6 Å². The van der Waals surface area contributed by atoms with Gasteiger partial charge in [0.05, 0.1) is 14.2 Å². The predicted octanol–water partition coefficient (Wildman–Crippen LogP) is 2.16. The van der Waals surface area contributed by atoms with Gasteiger partial charge in [-0.05, 0) is 48.0 Å². The van der Waals surface area contributed by atoms with Gasteiger partial charge in [0.15, 0.2) is 0 Å². The highest BCUT2D eigenvalue weighted by Crippen LogP contribution is 2.24. The number of benzene rings is 2. The summed E-state index contributed by atoms with van der Waals surface area (Å²) in [7, 11) is 2.58. The number of amidine groups is 1. The van der Waals surface area contributed by atoms with E-state index in [2.05, 4.69) is 37.1 Å². The fourth-order valence-electron chi connectivity index (χ4n) is 3.28. The number of rotatable bonds is 9. The molecule has 0 aliphatic rings. The number of nitrogens with two attached hydrogens (primary N) is 2. The van der Waals surface area contributed by atoms with Crippen LogP contribution in [0.4, 0.5) is 0 Å². The van der Waals surface area contributed by atoms with E-state index in [0.717, 1.165) is 27.7 Å². The van der Waals surface area contributed by atoms with Gasteiger partial charge >= 0.3 is 5.97 Å². The number of aromatic nitrogens is 1. The van der Waals surface area contributed by atoms with Gasteiger partial charge < -0.3 is 30.9 Å². The molecule has 10 nitrogen and oxygen atoms in total. The van der Waals surface area contributed by atoms with Crippen LogP contribution in [0.1, 0.15) is 27.2 Å². The number of hydrogen-bond donors (Lipinski definition) is 3. The molecule has 0 atom stereocenters. The third kappa shape index (κ3) is 7.32. The topological polar surface area (TPSA) is 151 Å². The zero-order valence-electron chi connectivity index (χ0n) is 20.1. The van der Waals surface area contributed by atoms with Crippen molar-refractivity contribution in [2.24, 2.45) is 16.7 Å². The number of amides is 1. The van der Waals surface area contributed by atoms with Crippen LogP contribution in [-0.4, -0.2) is 49.5 Å². The molecule has 3 rings (SSSR count). The van der Waals surface area contributed by atoms with E-state index in [1.165, 1.54) is 14.2 Å². The predicted molar refractivity (Wildman–Crippen MR) is 139 cm³/mol. The van der Waals surface area contributed by atoms with Gasteiger partial charge in [-0.2, -0.15) is 5.10 Å². The van der Waals surface area contributed by atoms with Crippen molar-refractivity contribution in [3.8, 4) is 0 Å². The minimum absolute atomic E-state index is 0.174. The average molecular weight is 492 g/mol. The highest BCUT2D eigenvalue weighted by atomic mass is 16.5. The van der Waals surface area contributed by atoms with Crippen molar-refractivity contribution in [3.63, 3.8) is 0 Å². The number of hydrogen-bond acceptors (Lipinski definition) is 7. The van der Waals surface area contributed by atoms with E-state index in [4.69, 9.17) is 16.4 Å². The number of esters is 1. The summed E-state index contributed by atoms with van der Waals surface area (Å²) in [5.41, 5.74) is 10.1. The molecule has 0 aliphatic carbocycles. The molecular formula is C26H29N5O5. The number of nitrogens with one attached hydrogen (secondary N) is 1. The molecule has 0 bridgehead atoms. The standard InChI is InChI=1S/C24H25N5O3.C2H4O2/c1-3-4-5-20-13-19-12-18(23(25)28-26)10-11-21(19)29(20)15-16-6-8-17(9-7-16)24(31)27-14-22(30)32-2;1-4-2-3/h3-13H,1,14-15,26H2,2H3,(H2,25,28)(H,27,31);2H,1H3/b5-4-;. The quantitative estimate of drug-likeness (QED) is 0.0789. The van der Waals surface area contributed by atoms with Gasteiger partial charge in [0.2, 0.25) is 0 Å². The molecule has 1 heterocycles. The van der Waals surface area contributed by atoms with Crippen LogP contribution in [0.25, 0.3) is 17.0 Å². The van der Waals surface area contributed by atoms with Gasteiger partial charge in [-0.15, -0.1) is 0 Å². The largest absolute Gasteiger partial charge is 0.471 e. The fourth-order valence-corrected chi connectivity index (χ4v) is 3.28. The minimum atomic E-state index is -0.503. The van der Waals surface area contributed by atoms with E-state index in [9.17, 15) is 9.59 Å². The molecule has 0 saturated carbocycles. The Bertz CT molecular complexity index is 1280. The molecule has 2 aromatic carbocycles. The van der Waals surface area contributed by atoms with Gasteiger partial charge in [-0.3, -0.25) is 14.4 Å². The Morgan fingerprint density at radius 1 is 1.11 bits per heavy atom. The van der Waals surface area contributed by atoms with Gasteiger partial charge in [0.25, 0.3) is 12.4 Å². The van der Waals surface area contributed by atoms with Crippen molar-refractivity contribution in [1.82, 2.24) is 9.88 Å². The Morgan fingerprint density at radius 3 is 2.36 bits per heavy atom. The van der Waals surface area contributed by atoms with Gasteiger partial charge in [-0.1, -0.05) is 30.9 Å². The lowest BCUT2D eigenvalue weighted by Crippen LogP contribution is -2.30. The second kappa shape index (κ2) is 13.8. The number of carbonyl (C=O) groups is 3. The molecule has 5 N–H and O–H groups in total.